The van der Waals surface area contributed by atoms with Gasteiger partial charge >= 0.3 is 0 Å². The van der Waals surface area contributed by atoms with E-state index in [0.717, 1.165) is 16.7 Å². The standard InChI is InChI=1S/C8H15Br/c1-3-8(9)7-4-6(2)5-7/h6-8H,3-5H2,1-2H3. The molecule has 1 rings (SSSR count). The van der Waals surface area contributed by atoms with Gasteiger partial charge in [-0.3, -0.25) is 0 Å². The van der Waals surface area contributed by atoms with Gasteiger partial charge in [0, 0.05) is 4.83 Å². The number of hydrogen-bond acceptors (Lipinski definition) is 0. The third-order valence-corrected chi connectivity index (χ3v) is 3.71. The summed E-state index contributed by atoms with van der Waals surface area (Å²) >= 11 is 3.68. The van der Waals surface area contributed by atoms with E-state index in [1.54, 1.807) is 0 Å². The van der Waals surface area contributed by atoms with Gasteiger partial charge in [-0.05, 0) is 31.1 Å². The Morgan fingerprint density at radius 3 is 2.44 bits per heavy atom. The maximum atomic E-state index is 3.68. The molecular formula is C8H15Br. The van der Waals surface area contributed by atoms with Crippen LogP contribution in [0.5, 0.6) is 0 Å². The van der Waals surface area contributed by atoms with Crippen LogP contribution in [0.1, 0.15) is 33.1 Å². The Morgan fingerprint density at radius 1 is 1.56 bits per heavy atom. The molecule has 0 radical (unpaired) electrons. The van der Waals surface area contributed by atoms with Crippen molar-refractivity contribution in [1.82, 2.24) is 0 Å². The molecule has 54 valence electrons. The molecule has 0 aliphatic heterocycles. The molecule has 0 saturated heterocycles. The van der Waals surface area contributed by atoms with Crippen molar-refractivity contribution in [3.8, 4) is 0 Å². The van der Waals surface area contributed by atoms with E-state index in [0.29, 0.717) is 0 Å². The lowest BCUT2D eigenvalue weighted by Gasteiger charge is -2.35. The van der Waals surface area contributed by atoms with Crippen LogP contribution in [-0.4, -0.2) is 4.83 Å². The van der Waals surface area contributed by atoms with Crippen molar-refractivity contribution < 1.29 is 0 Å². The van der Waals surface area contributed by atoms with E-state index in [9.17, 15) is 0 Å². The third kappa shape index (κ3) is 1.70. The second-order valence-corrected chi connectivity index (χ2v) is 4.44. The van der Waals surface area contributed by atoms with Gasteiger partial charge in [0.25, 0.3) is 0 Å². The van der Waals surface area contributed by atoms with Crippen molar-refractivity contribution in [2.75, 3.05) is 0 Å². The summed E-state index contributed by atoms with van der Waals surface area (Å²) in [5, 5.41) is 0. The van der Waals surface area contributed by atoms with E-state index >= 15 is 0 Å². The number of hydrogen-bond donors (Lipinski definition) is 0. The zero-order valence-electron chi connectivity index (χ0n) is 6.23. The van der Waals surface area contributed by atoms with Gasteiger partial charge in [0.15, 0.2) is 0 Å². The van der Waals surface area contributed by atoms with Crippen LogP contribution in [0.3, 0.4) is 0 Å². The van der Waals surface area contributed by atoms with Crippen LogP contribution in [0.15, 0.2) is 0 Å². The van der Waals surface area contributed by atoms with Gasteiger partial charge in [0.05, 0.1) is 0 Å². The van der Waals surface area contributed by atoms with Gasteiger partial charge in [-0.25, -0.2) is 0 Å². The van der Waals surface area contributed by atoms with Crippen LogP contribution >= 0.6 is 15.9 Å². The van der Waals surface area contributed by atoms with E-state index in [2.05, 4.69) is 29.8 Å². The molecule has 1 atom stereocenters. The van der Waals surface area contributed by atoms with Crippen molar-refractivity contribution in [3.63, 3.8) is 0 Å². The maximum Gasteiger partial charge on any atom is 0.0171 e. The van der Waals surface area contributed by atoms with Crippen LogP contribution in [0.2, 0.25) is 0 Å². The molecule has 0 spiro atoms. The molecule has 1 aliphatic rings. The summed E-state index contributed by atoms with van der Waals surface area (Å²) in [6.07, 6.45) is 4.19. The molecule has 0 N–H and O–H groups in total. The minimum absolute atomic E-state index is 0.800. The molecule has 0 nitrogen and oxygen atoms in total. The first-order chi connectivity index (χ1) is 4.24. The Labute approximate surface area is 66.2 Å². The first kappa shape index (κ1) is 7.59. The molecule has 0 heterocycles. The second kappa shape index (κ2) is 3.05. The highest BCUT2D eigenvalue weighted by atomic mass is 79.9. The highest BCUT2D eigenvalue weighted by Gasteiger charge is 2.29. The van der Waals surface area contributed by atoms with Gasteiger partial charge < -0.3 is 0 Å². The fourth-order valence-electron chi connectivity index (χ4n) is 1.59. The fourth-order valence-corrected chi connectivity index (χ4v) is 2.02. The quantitative estimate of drug-likeness (QED) is 0.588. The normalized spacial score (nSPS) is 37.7. The van der Waals surface area contributed by atoms with E-state index in [1.807, 2.05) is 0 Å². The van der Waals surface area contributed by atoms with E-state index in [4.69, 9.17) is 0 Å². The summed E-state index contributed by atoms with van der Waals surface area (Å²) in [4.78, 5) is 0.800. The lowest BCUT2D eigenvalue weighted by Crippen LogP contribution is -2.28. The number of halogens is 1. The van der Waals surface area contributed by atoms with Gasteiger partial charge in [0.2, 0.25) is 0 Å². The highest BCUT2D eigenvalue weighted by molar-refractivity contribution is 9.09. The molecular weight excluding hydrogens is 176 g/mol. The summed E-state index contributed by atoms with van der Waals surface area (Å²) in [6, 6.07) is 0. The second-order valence-electron chi connectivity index (χ2n) is 3.26. The smallest absolute Gasteiger partial charge is 0.0171 e. The van der Waals surface area contributed by atoms with Crippen molar-refractivity contribution >= 4 is 15.9 Å². The lowest BCUT2D eigenvalue weighted by atomic mass is 9.74. The van der Waals surface area contributed by atoms with E-state index < -0.39 is 0 Å². The molecule has 1 aliphatic carbocycles. The van der Waals surface area contributed by atoms with Gasteiger partial charge in [-0.1, -0.05) is 29.8 Å². The van der Waals surface area contributed by atoms with Crippen molar-refractivity contribution in [1.29, 1.82) is 0 Å². The molecule has 0 aromatic heterocycles. The predicted molar refractivity (Wildman–Crippen MR) is 44.9 cm³/mol. The molecule has 1 unspecified atom stereocenters. The largest absolute Gasteiger partial charge is 0.0888 e. The Morgan fingerprint density at radius 2 is 2.11 bits per heavy atom. The zero-order chi connectivity index (χ0) is 6.85. The van der Waals surface area contributed by atoms with Crippen molar-refractivity contribution in [3.05, 3.63) is 0 Å². The molecule has 1 saturated carbocycles. The van der Waals surface area contributed by atoms with Crippen LogP contribution in [-0.2, 0) is 0 Å². The Kier molecular flexibility index (Phi) is 2.57. The third-order valence-electron chi connectivity index (χ3n) is 2.31. The summed E-state index contributed by atoms with van der Waals surface area (Å²) in [7, 11) is 0. The molecule has 1 fully saturated rings. The summed E-state index contributed by atoms with van der Waals surface area (Å²) in [6.45, 7) is 4.59. The predicted octanol–water partition coefficient (Wildman–Crippen LogP) is 3.21. The molecule has 0 bridgehead atoms. The zero-order valence-corrected chi connectivity index (χ0v) is 7.82. The molecule has 0 aromatic rings. The average molecular weight is 191 g/mol. The lowest BCUT2D eigenvalue weighted by molar-refractivity contribution is 0.207. The minimum atomic E-state index is 0.800. The van der Waals surface area contributed by atoms with Crippen molar-refractivity contribution in [2.24, 2.45) is 11.8 Å². The van der Waals surface area contributed by atoms with Gasteiger partial charge in [-0.15, -0.1) is 0 Å². The molecule has 9 heavy (non-hydrogen) atoms. The van der Waals surface area contributed by atoms with Crippen LogP contribution in [0, 0.1) is 11.8 Å². The molecule has 1 heteroatoms. The van der Waals surface area contributed by atoms with Gasteiger partial charge in [0.1, 0.15) is 0 Å². The Bertz CT molecular complexity index is 84.6. The van der Waals surface area contributed by atoms with Crippen LogP contribution in [0.25, 0.3) is 0 Å². The molecule has 0 amide bonds. The SMILES string of the molecule is CCC(Br)C1CC(C)C1. The first-order valence-electron chi connectivity index (χ1n) is 3.88. The first-order valence-corrected chi connectivity index (χ1v) is 4.79. The molecule has 0 aromatic carbocycles. The maximum absolute atomic E-state index is 3.68. The van der Waals surface area contributed by atoms with Gasteiger partial charge in [-0.2, -0.15) is 0 Å². The van der Waals surface area contributed by atoms with E-state index in [1.165, 1.54) is 19.3 Å². The average Bonchev–Trinajstić information content (AvgIpc) is 1.79. The van der Waals surface area contributed by atoms with Crippen LogP contribution < -0.4 is 0 Å². The van der Waals surface area contributed by atoms with Crippen LogP contribution in [0.4, 0.5) is 0 Å². The van der Waals surface area contributed by atoms with E-state index in [-0.39, 0.29) is 0 Å². The summed E-state index contributed by atoms with van der Waals surface area (Å²) in [5.74, 6) is 1.99. The highest BCUT2D eigenvalue weighted by Crippen LogP contribution is 2.39. The Hall–Kier alpha value is 0.480. The number of rotatable bonds is 2. The fraction of sp³-hybridized carbons (Fsp3) is 1.00. The van der Waals surface area contributed by atoms with Crippen molar-refractivity contribution in [2.45, 2.75) is 37.9 Å². The summed E-state index contributed by atoms with van der Waals surface area (Å²) < 4.78 is 0. The summed E-state index contributed by atoms with van der Waals surface area (Å²) in [5.41, 5.74) is 0. The monoisotopic (exact) mass is 190 g/mol. The number of alkyl halides is 1. The minimum Gasteiger partial charge on any atom is -0.0888 e. The topological polar surface area (TPSA) is 0 Å². The Balaban J connectivity index is 2.15.